The highest BCUT2D eigenvalue weighted by atomic mass is 16.6. The van der Waals surface area contributed by atoms with Crippen molar-refractivity contribution in [2.75, 3.05) is 26.4 Å². The average molecular weight is 336 g/mol. The molecule has 0 saturated carbocycles. The molecule has 0 bridgehead atoms. The zero-order valence-corrected chi connectivity index (χ0v) is 15.1. The summed E-state index contributed by atoms with van der Waals surface area (Å²) in [5, 5.41) is 0. The fraction of sp³-hybridized carbons (Fsp3) is 0.526. The smallest absolute Gasteiger partial charge is 0.333 e. The molecule has 0 aliphatic carbocycles. The minimum atomic E-state index is -0.420. The molecule has 0 saturated heterocycles. The first kappa shape index (κ1) is 19.9. The number of carbonyl (C=O) groups is 1. The third kappa shape index (κ3) is 5.80. The summed E-state index contributed by atoms with van der Waals surface area (Å²) in [5.41, 5.74) is 1.47. The van der Waals surface area contributed by atoms with E-state index in [2.05, 4.69) is 13.5 Å². The average Bonchev–Trinajstić information content (AvgIpc) is 2.55. The quantitative estimate of drug-likeness (QED) is 0.348. The molecule has 5 heteroatoms. The Balaban J connectivity index is 2.86. The Labute approximate surface area is 144 Å². The molecule has 24 heavy (non-hydrogen) atoms. The minimum Gasteiger partial charge on any atom is -0.490 e. The maximum absolute atomic E-state index is 11.4. The summed E-state index contributed by atoms with van der Waals surface area (Å²) < 4.78 is 22.3. The second-order valence-corrected chi connectivity index (χ2v) is 5.26. The Morgan fingerprint density at radius 1 is 1.00 bits per heavy atom. The molecule has 0 spiro atoms. The van der Waals surface area contributed by atoms with E-state index in [9.17, 15) is 4.79 Å². The summed E-state index contributed by atoms with van der Waals surface area (Å²) in [5.74, 6) is 1.51. The topological polar surface area (TPSA) is 54.0 Å². The molecule has 0 atom stereocenters. The molecule has 0 heterocycles. The Bertz CT molecular complexity index is 551. The highest BCUT2D eigenvalue weighted by Crippen LogP contribution is 2.41. The maximum Gasteiger partial charge on any atom is 0.333 e. The van der Waals surface area contributed by atoms with Gasteiger partial charge in [-0.25, -0.2) is 4.79 Å². The van der Waals surface area contributed by atoms with Crippen LogP contribution in [0.4, 0.5) is 0 Å². The van der Waals surface area contributed by atoms with E-state index in [1.54, 1.807) is 6.92 Å². The number of ether oxygens (including phenoxy) is 4. The van der Waals surface area contributed by atoms with Crippen LogP contribution >= 0.6 is 0 Å². The summed E-state index contributed by atoms with van der Waals surface area (Å²) in [6, 6.07) is 3.87. The van der Waals surface area contributed by atoms with Crippen LogP contribution in [0.5, 0.6) is 17.2 Å². The summed E-state index contributed by atoms with van der Waals surface area (Å²) in [6.07, 6.45) is 1.93. The van der Waals surface area contributed by atoms with E-state index >= 15 is 0 Å². The van der Waals surface area contributed by atoms with Gasteiger partial charge in [0.2, 0.25) is 5.75 Å². The van der Waals surface area contributed by atoms with Gasteiger partial charge >= 0.3 is 5.97 Å². The van der Waals surface area contributed by atoms with Crippen LogP contribution in [0, 0.1) is 0 Å². The van der Waals surface area contributed by atoms with Crippen LogP contribution in [0.3, 0.4) is 0 Å². The Morgan fingerprint density at radius 2 is 1.67 bits per heavy atom. The van der Waals surface area contributed by atoms with E-state index in [1.807, 2.05) is 26.0 Å². The molecule has 1 aromatic carbocycles. The molecule has 0 amide bonds. The lowest BCUT2D eigenvalue weighted by Gasteiger charge is -2.18. The number of aryl methyl sites for hydroxylation is 1. The highest BCUT2D eigenvalue weighted by molar-refractivity contribution is 5.86. The molecule has 0 unspecified atom stereocenters. The molecule has 0 radical (unpaired) electrons. The van der Waals surface area contributed by atoms with Crippen molar-refractivity contribution in [2.45, 2.75) is 40.5 Å². The monoisotopic (exact) mass is 336 g/mol. The van der Waals surface area contributed by atoms with E-state index in [4.69, 9.17) is 18.9 Å². The normalized spacial score (nSPS) is 10.2. The van der Waals surface area contributed by atoms with E-state index < -0.39 is 5.97 Å². The van der Waals surface area contributed by atoms with Crippen LogP contribution in [0.25, 0.3) is 0 Å². The van der Waals surface area contributed by atoms with Gasteiger partial charge < -0.3 is 18.9 Å². The molecule has 0 aliphatic heterocycles. The van der Waals surface area contributed by atoms with E-state index in [0.717, 1.165) is 24.2 Å². The van der Waals surface area contributed by atoms with Gasteiger partial charge in [0.1, 0.15) is 13.2 Å². The first-order valence-electron chi connectivity index (χ1n) is 8.41. The predicted molar refractivity (Wildman–Crippen MR) is 94.0 cm³/mol. The van der Waals surface area contributed by atoms with Gasteiger partial charge in [-0.3, -0.25) is 0 Å². The van der Waals surface area contributed by atoms with Crippen molar-refractivity contribution in [3.05, 3.63) is 29.8 Å². The summed E-state index contributed by atoms with van der Waals surface area (Å²) in [4.78, 5) is 11.4. The largest absolute Gasteiger partial charge is 0.490 e. The molecular formula is C19H28O5. The summed E-state index contributed by atoms with van der Waals surface area (Å²) in [7, 11) is 0. The van der Waals surface area contributed by atoms with Crippen molar-refractivity contribution in [1.82, 2.24) is 0 Å². The number of carbonyl (C=O) groups excluding carboxylic acids is 1. The van der Waals surface area contributed by atoms with Gasteiger partial charge in [0.15, 0.2) is 11.5 Å². The van der Waals surface area contributed by atoms with Crippen LogP contribution in [0.15, 0.2) is 24.3 Å². The molecule has 0 aliphatic rings. The first-order valence-corrected chi connectivity index (χ1v) is 8.41. The van der Waals surface area contributed by atoms with Gasteiger partial charge in [-0.05, 0) is 38.8 Å². The third-order valence-electron chi connectivity index (χ3n) is 3.18. The molecular weight excluding hydrogens is 308 g/mol. The van der Waals surface area contributed by atoms with Crippen LogP contribution in [-0.2, 0) is 16.0 Å². The lowest BCUT2D eigenvalue weighted by Crippen LogP contribution is -2.13. The van der Waals surface area contributed by atoms with Gasteiger partial charge in [-0.1, -0.05) is 26.0 Å². The summed E-state index contributed by atoms with van der Waals surface area (Å²) in [6.45, 7) is 12.6. The SMILES string of the molecule is C=C(C)C(=O)OCCOc1ccc(CCC)c(OCC)c1OCC. The van der Waals surface area contributed by atoms with E-state index in [1.165, 1.54) is 0 Å². The fourth-order valence-electron chi connectivity index (χ4n) is 2.16. The number of hydrogen-bond acceptors (Lipinski definition) is 5. The minimum absolute atomic E-state index is 0.151. The molecule has 0 fully saturated rings. The lowest BCUT2D eigenvalue weighted by atomic mass is 10.1. The highest BCUT2D eigenvalue weighted by Gasteiger charge is 2.17. The van der Waals surface area contributed by atoms with Gasteiger partial charge in [-0.2, -0.15) is 0 Å². The first-order chi connectivity index (χ1) is 11.5. The zero-order chi connectivity index (χ0) is 17.9. The van der Waals surface area contributed by atoms with Crippen LogP contribution in [0.2, 0.25) is 0 Å². The third-order valence-corrected chi connectivity index (χ3v) is 3.18. The van der Waals surface area contributed by atoms with Crippen molar-refractivity contribution >= 4 is 5.97 Å². The van der Waals surface area contributed by atoms with Crippen LogP contribution < -0.4 is 14.2 Å². The second-order valence-electron chi connectivity index (χ2n) is 5.26. The molecule has 1 rings (SSSR count). The molecule has 5 nitrogen and oxygen atoms in total. The molecule has 0 aromatic heterocycles. The second kappa shape index (κ2) is 10.6. The van der Waals surface area contributed by atoms with Gasteiger partial charge in [0, 0.05) is 5.57 Å². The van der Waals surface area contributed by atoms with E-state index in [0.29, 0.717) is 30.3 Å². The number of rotatable bonds is 11. The van der Waals surface area contributed by atoms with Crippen molar-refractivity contribution in [3.8, 4) is 17.2 Å². The van der Waals surface area contributed by atoms with Crippen LogP contribution in [0.1, 0.15) is 39.7 Å². The number of benzene rings is 1. The maximum atomic E-state index is 11.4. The fourth-order valence-corrected chi connectivity index (χ4v) is 2.16. The summed E-state index contributed by atoms with van der Waals surface area (Å²) >= 11 is 0. The van der Waals surface area contributed by atoms with Crippen molar-refractivity contribution in [1.29, 1.82) is 0 Å². The standard InChI is InChI=1S/C19H28O5/c1-6-9-15-10-11-16(18(22-8-3)17(15)21-7-2)23-12-13-24-19(20)14(4)5/h10-11H,4,6-9,12-13H2,1-3,5H3. The van der Waals surface area contributed by atoms with Crippen molar-refractivity contribution in [3.63, 3.8) is 0 Å². The van der Waals surface area contributed by atoms with Crippen molar-refractivity contribution < 1.29 is 23.7 Å². The molecule has 1 aromatic rings. The Kier molecular flexibility index (Phi) is 8.76. The van der Waals surface area contributed by atoms with Gasteiger partial charge in [0.05, 0.1) is 13.2 Å². The lowest BCUT2D eigenvalue weighted by molar-refractivity contribution is -0.139. The molecule has 0 N–H and O–H groups in total. The Morgan fingerprint density at radius 3 is 2.25 bits per heavy atom. The zero-order valence-electron chi connectivity index (χ0n) is 15.1. The number of esters is 1. The van der Waals surface area contributed by atoms with Gasteiger partial charge in [-0.15, -0.1) is 0 Å². The molecule has 134 valence electrons. The van der Waals surface area contributed by atoms with E-state index in [-0.39, 0.29) is 13.2 Å². The van der Waals surface area contributed by atoms with Crippen LogP contribution in [-0.4, -0.2) is 32.4 Å². The van der Waals surface area contributed by atoms with Gasteiger partial charge in [0.25, 0.3) is 0 Å². The van der Waals surface area contributed by atoms with Crippen molar-refractivity contribution in [2.24, 2.45) is 0 Å². The number of hydrogen-bond donors (Lipinski definition) is 0. The Hall–Kier alpha value is -2.17. The predicted octanol–water partition coefficient (Wildman–Crippen LogP) is 3.93.